The van der Waals surface area contributed by atoms with Gasteiger partial charge >= 0.3 is 5.97 Å². The van der Waals surface area contributed by atoms with Crippen LogP contribution in [-0.2, 0) is 9.53 Å². The molecule has 0 aromatic carbocycles. The first-order valence-corrected chi connectivity index (χ1v) is 6.56. The fraction of sp³-hybridized carbons (Fsp3) is 0.929. The second-order valence-electron chi connectivity index (χ2n) is 5.90. The molecule has 0 bridgehead atoms. The number of aliphatic hydroxyl groups excluding tert-OH is 1. The Kier molecular flexibility index (Phi) is 6.76. The van der Waals surface area contributed by atoms with E-state index >= 15 is 0 Å². The number of aliphatic hydroxyl groups is 1. The van der Waals surface area contributed by atoms with E-state index in [-0.39, 0.29) is 24.6 Å². The zero-order valence-corrected chi connectivity index (χ0v) is 12.1. The average Bonchev–Trinajstić information content (AvgIpc) is 2.16. The Hall–Kier alpha value is -0.570. The van der Waals surface area contributed by atoms with Crippen LogP contribution in [0.15, 0.2) is 0 Å². The summed E-state index contributed by atoms with van der Waals surface area (Å²) in [6.45, 7) is 12.2. The van der Waals surface area contributed by atoms with Gasteiger partial charge in [0.25, 0.3) is 0 Å². The summed E-state index contributed by atoms with van der Waals surface area (Å²) < 4.78 is 5.42. The van der Waals surface area contributed by atoms with Crippen molar-refractivity contribution in [3.63, 3.8) is 0 Å². The molecule has 102 valence electrons. The van der Waals surface area contributed by atoms with Gasteiger partial charge in [-0.15, -0.1) is 0 Å². The van der Waals surface area contributed by atoms with E-state index in [0.29, 0.717) is 12.3 Å². The van der Waals surface area contributed by atoms with Gasteiger partial charge in [0, 0.05) is 13.0 Å². The van der Waals surface area contributed by atoms with Gasteiger partial charge < -0.3 is 9.84 Å². The van der Waals surface area contributed by atoms with E-state index < -0.39 is 5.41 Å². The third-order valence-electron chi connectivity index (χ3n) is 3.42. The van der Waals surface area contributed by atoms with Crippen molar-refractivity contribution in [1.29, 1.82) is 0 Å². The summed E-state index contributed by atoms with van der Waals surface area (Å²) in [4.78, 5) is 12.2. The van der Waals surface area contributed by atoms with E-state index in [0.717, 1.165) is 6.42 Å². The monoisotopic (exact) mass is 244 g/mol. The molecule has 2 unspecified atom stereocenters. The smallest absolute Gasteiger partial charge is 0.312 e. The van der Waals surface area contributed by atoms with Crippen molar-refractivity contribution in [2.75, 3.05) is 6.61 Å². The van der Waals surface area contributed by atoms with Gasteiger partial charge in [-0.2, -0.15) is 0 Å². The molecular weight excluding hydrogens is 216 g/mol. The van der Waals surface area contributed by atoms with Crippen LogP contribution in [0, 0.1) is 17.3 Å². The Morgan fingerprint density at radius 3 is 2.12 bits per heavy atom. The zero-order valence-electron chi connectivity index (χ0n) is 12.1. The standard InChI is InChI=1S/C14H28O3/c1-10(2)9-14(6,11(3)4)13(16)17-12(5)7-8-15/h10-12,15H,7-9H2,1-6H3. The molecule has 0 aromatic rings. The molecule has 0 rings (SSSR count). The van der Waals surface area contributed by atoms with E-state index in [1.165, 1.54) is 0 Å². The molecule has 2 atom stereocenters. The van der Waals surface area contributed by atoms with Gasteiger partial charge in [0.05, 0.1) is 5.41 Å². The Balaban J connectivity index is 4.65. The number of carbonyl (C=O) groups is 1. The van der Waals surface area contributed by atoms with Crippen LogP contribution in [-0.4, -0.2) is 23.8 Å². The summed E-state index contributed by atoms with van der Waals surface area (Å²) in [6, 6.07) is 0. The highest BCUT2D eigenvalue weighted by Gasteiger charge is 2.39. The van der Waals surface area contributed by atoms with Crippen molar-refractivity contribution in [2.24, 2.45) is 17.3 Å². The first-order valence-electron chi connectivity index (χ1n) is 6.56. The van der Waals surface area contributed by atoms with Gasteiger partial charge in [0.2, 0.25) is 0 Å². The van der Waals surface area contributed by atoms with Crippen LogP contribution < -0.4 is 0 Å². The number of esters is 1. The highest BCUT2D eigenvalue weighted by Crippen LogP contribution is 2.36. The summed E-state index contributed by atoms with van der Waals surface area (Å²) in [6.07, 6.45) is 1.12. The number of hydrogen-bond donors (Lipinski definition) is 1. The molecule has 0 aliphatic heterocycles. The quantitative estimate of drug-likeness (QED) is 0.700. The molecule has 17 heavy (non-hydrogen) atoms. The molecule has 0 amide bonds. The van der Waals surface area contributed by atoms with Gasteiger partial charge in [0.15, 0.2) is 0 Å². The average molecular weight is 244 g/mol. The Labute approximate surface area is 106 Å². The maximum absolute atomic E-state index is 12.2. The number of rotatable bonds is 7. The maximum atomic E-state index is 12.2. The molecule has 0 saturated carbocycles. The topological polar surface area (TPSA) is 46.5 Å². The SMILES string of the molecule is CC(C)CC(C)(C(=O)OC(C)CCO)C(C)C. The van der Waals surface area contributed by atoms with Crippen LogP contribution >= 0.6 is 0 Å². The van der Waals surface area contributed by atoms with Crippen molar-refractivity contribution in [2.45, 2.75) is 60.5 Å². The van der Waals surface area contributed by atoms with Crippen LogP contribution in [0.2, 0.25) is 0 Å². The summed E-state index contributed by atoms with van der Waals surface area (Å²) in [7, 11) is 0. The van der Waals surface area contributed by atoms with E-state index in [4.69, 9.17) is 9.84 Å². The highest BCUT2D eigenvalue weighted by atomic mass is 16.5. The van der Waals surface area contributed by atoms with E-state index in [2.05, 4.69) is 27.7 Å². The van der Waals surface area contributed by atoms with Crippen LogP contribution in [0.25, 0.3) is 0 Å². The largest absolute Gasteiger partial charge is 0.462 e. The molecule has 0 saturated heterocycles. The third-order valence-corrected chi connectivity index (χ3v) is 3.42. The van der Waals surface area contributed by atoms with Crippen LogP contribution in [0.4, 0.5) is 0 Å². The first kappa shape index (κ1) is 16.4. The molecule has 0 heterocycles. The number of ether oxygens (including phenoxy) is 1. The van der Waals surface area contributed by atoms with Gasteiger partial charge in [-0.25, -0.2) is 0 Å². The Bertz CT molecular complexity index is 236. The molecule has 0 spiro atoms. The maximum Gasteiger partial charge on any atom is 0.312 e. The fourth-order valence-corrected chi connectivity index (χ4v) is 1.96. The Morgan fingerprint density at radius 2 is 1.76 bits per heavy atom. The van der Waals surface area contributed by atoms with Crippen molar-refractivity contribution in [3.05, 3.63) is 0 Å². The first-order chi connectivity index (χ1) is 7.74. The second-order valence-corrected chi connectivity index (χ2v) is 5.90. The van der Waals surface area contributed by atoms with Crippen molar-refractivity contribution in [1.82, 2.24) is 0 Å². The third kappa shape index (κ3) is 5.07. The fourth-order valence-electron chi connectivity index (χ4n) is 1.96. The Morgan fingerprint density at radius 1 is 1.24 bits per heavy atom. The normalized spacial score (nSPS) is 17.0. The summed E-state index contributed by atoms with van der Waals surface area (Å²) in [5.74, 6) is 0.573. The minimum atomic E-state index is -0.433. The lowest BCUT2D eigenvalue weighted by molar-refractivity contribution is -0.164. The predicted molar refractivity (Wildman–Crippen MR) is 69.7 cm³/mol. The molecule has 3 heteroatoms. The zero-order chi connectivity index (χ0) is 13.6. The molecule has 0 aliphatic rings. The lowest BCUT2D eigenvalue weighted by Gasteiger charge is -2.34. The molecule has 0 fully saturated rings. The summed E-state index contributed by atoms with van der Waals surface area (Å²) >= 11 is 0. The lowest BCUT2D eigenvalue weighted by atomic mass is 9.73. The van der Waals surface area contributed by atoms with Crippen LogP contribution in [0.1, 0.15) is 54.4 Å². The number of carbonyl (C=O) groups excluding carboxylic acids is 1. The molecular formula is C14H28O3. The molecule has 1 N–H and O–H groups in total. The van der Waals surface area contributed by atoms with Crippen LogP contribution in [0.3, 0.4) is 0 Å². The summed E-state index contributed by atoms with van der Waals surface area (Å²) in [5.41, 5.74) is -0.433. The summed E-state index contributed by atoms with van der Waals surface area (Å²) in [5, 5.41) is 8.82. The van der Waals surface area contributed by atoms with Crippen molar-refractivity contribution < 1.29 is 14.6 Å². The minimum Gasteiger partial charge on any atom is -0.462 e. The minimum absolute atomic E-state index is 0.0526. The molecule has 3 nitrogen and oxygen atoms in total. The second kappa shape index (κ2) is 7.00. The molecule has 0 aliphatic carbocycles. The van der Waals surface area contributed by atoms with E-state index in [1.54, 1.807) is 0 Å². The van der Waals surface area contributed by atoms with Gasteiger partial charge in [-0.3, -0.25) is 4.79 Å². The van der Waals surface area contributed by atoms with E-state index in [1.807, 2.05) is 13.8 Å². The van der Waals surface area contributed by atoms with E-state index in [9.17, 15) is 4.79 Å². The van der Waals surface area contributed by atoms with Crippen molar-refractivity contribution in [3.8, 4) is 0 Å². The number of hydrogen-bond acceptors (Lipinski definition) is 3. The highest BCUT2D eigenvalue weighted by molar-refractivity contribution is 5.76. The predicted octanol–water partition coefficient (Wildman–Crippen LogP) is 3.01. The van der Waals surface area contributed by atoms with Gasteiger partial charge in [-0.1, -0.05) is 27.7 Å². The van der Waals surface area contributed by atoms with Gasteiger partial charge in [0.1, 0.15) is 6.10 Å². The van der Waals surface area contributed by atoms with Crippen LogP contribution in [0.5, 0.6) is 0 Å². The molecule has 0 radical (unpaired) electrons. The lowest BCUT2D eigenvalue weighted by Crippen LogP contribution is -2.38. The van der Waals surface area contributed by atoms with Crippen molar-refractivity contribution >= 4 is 5.97 Å². The van der Waals surface area contributed by atoms with Gasteiger partial charge in [-0.05, 0) is 32.1 Å². The molecule has 0 aromatic heterocycles.